The highest BCUT2D eigenvalue weighted by Gasteiger charge is 2.65. The van der Waals surface area contributed by atoms with Crippen LogP contribution in [0.3, 0.4) is 0 Å². The van der Waals surface area contributed by atoms with Crippen molar-refractivity contribution in [1.82, 2.24) is 0 Å². The molecule has 2 heterocycles. The van der Waals surface area contributed by atoms with Crippen LogP contribution in [0.25, 0.3) is 0 Å². The first-order valence-corrected chi connectivity index (χ1v) is 11.4. The van der Waals surface area contributed by atoms with Crippen molar-refractivity contribution < 1.29 is 27.9 Å². The molecule has 0 saturated carbocycles. The summed E-state index contributed by atoms with van der Waals surface area (Å²) in [5, 5.41) is -0.360. The van der Waals surface area contributed by atoms with Crippen molar-refractivity contribution in [1.29, 1.82) is 0 Å². The first-order valence-electron chi connectivity index (χ1n) is 8.60. The Morgan fingerprint density at radius 2 is 1.52 bits per heavy atom. The molecule has 0 spiro atoms. The lowest BCUT2D eigenvalue weighted by Crippen LogP contribution is -2.65. The van der Waals surface area contributed by atoms with E-state index in [9.17, 15) is 9.59 Å². The molecule has 4 atom stereocenters. The molecule has 144 valence electrons. The van der Waals surface area contributed by atoms with E-state index in [0.29, 0.717) is 6.61 Å². The van der Waals surface area contributed by atoms with Crippen LogP contribution in [0.4, 0.5) is 0 Å². The second-order valence-corrected chi connectivity index (χ2v) is 14.8. The van der Waals surface area contributed by atoms with Crippen molar-refractivity contribution in [2.24, 2.45) is 0 Å². The SMILES string of the molecule is CC(=O)OC1S[C@@H]2CO[Si](C(C)(C)C)(C(C)(C)C)O[C@H]2[C@H]1OC(C)=O. The molecule has 0 aromatic carbocycles. The van der Waals surface area contributed by atoms with E-state index in [1.54, 1.807) is 0 Å². The summed E-state index contributed by atoms with van der Waals surface area (Å²) in [6, 6.07) is 0. The summed E-state index contributed by atoms with van der Waals surface area (Å²) in [7, 11) is -2.68. The number of carbonyl (C=O) groups is 2. The van der Waals surface area contributed by atoms with Gasteiger partial charge in [0.2, 0.25) is 0 Å². The molecule has 6 nitrogen and oxygen atoms in total. The maximum absolute atomic E-state index is 11.6. The maximum atomic E-state index is 11.6. The van der Waals surface area contributed by atoms with E-state index in [4.69, 9.17) is 18.3 Å². The predicted octanol–water partition coefficient (Wildman–Crippen LogP) is 3.38. The third-order valence-electron chi connectivity index (χ3n) is 4.58. The van der Waals surface area contributed by atoms with Crippen molar-refractivity contribution in [2.75, 3.05) is 6.61 Å². The summed E-state index contributed by atoms with van der Waals surface area (Å²) in [6.45, 7) is 16.0. The summed E-state index contributed by atoms with van der Waals surface area (Å²) in [5.41, 5.74) is -0.565. The quantitative estimate of drug-likeness (QED) is 0.529. The number of rotatable bonds is 2. The maximum Gasteiger partial charge on any atom is 0.349 e. The highest BCUT2D eigenvalue weighted by atomic mass is 32.2. The Morgan fingerprint density at radius 3 is 1.96 bits per heavy atom. The normalized spacial score (nSPS) is 32.0. The van der Waals surface area contributed by atoms with Gasteiger partial charge in [0.15, 0.2) is 11.5 Å². The van der Waals surface area contributed by atoms with Gasteiger partial charge < -0.3 is 18.3 Å². The Hall–Kier alpha value is -0.573. The van der Waals surface area contributed by atoms with Crippen LogP contribution in [-0.4, -0.2) is 50.0 Å². The van der Waals surface area contributed by atoms with Gasteiger partial charge in [-0.05, 0) is 0 Å². The number of hydrogen-bond donors (Lipinski definition) is 0. The zero-order valence-corrected chi connectivity index (χ0v) is 18.2. The standard InChI is InChI=1S/C17H30O6SSi/c1-10(18)21-14-13-12(24-15(14)22-11(2)19)9-20-25(23-13,16(3,4)5)17(6,7)8/h12-15H,9H2,1-8H3/t12-,13-,14-,15?/m1/s1. The molecule has 0 amide bonds. The molecule has 0 N–H and O–H groups in total. The topological polar surface area (TPSA) is 71.1 Å². The zero-order valence-electron chi connectivity index (χ0n) is 16.4. The molecule has 0 aromatic heterocycles. The Balaban J connectivity index is 2.37. The van der Waals surface area contributed by atoms with Gasteiger partial charge in [0.1, 0.15) is 6.10 Å². The first kappa shape index (κ1) is 20.7. The lowest BCUT2D eigenvalue weighted by atomic mass is 10.1. The molecular formula is C17H30O6SSi. The Morgan fingerprint density at radius 1 is 1.00 bits per heavy atom. The average molecular weight is 391 g/mol. The van der Waals surface area contributed by atoms with E-state index in [0.717, 1.165) is 0 Å². The number of carbonyl (C=O) groups excluding carboxylic acids is 2. The van der Waals surface area contributed by atoms with Crippen molar-refractivity contribution in [3.05, 3.63) is 0 Å². The van der Waals surface area contributed by atoms with Crippen molar-refractivity contribution in [2.45, 2.75) is 88.4 Å². The molecule has 0 aromatic rings. The first-order chi connectivity index (χ1) is 11.3. The van der Waals surface area contributed by atoms with E-state index in [-0.39, 0.29) is 21.4 Å². The third-order valence-corrected chi connectivity index (χ3v) is 11.1. The lowest BCUT2D eigenvalue weighted by molar-refractivity contribution is -0.166. The monoisotopic (exact) mass is 390 g/mol. The van der Waals surface area contributed by atoms with Crippen LogP contribution in [0.15, 0.2) is 0 Å². The molecule has 2 saturated heterocycles. The van der Waals surface area contributed by atoms with Crippen molar-refractivity contribution in [3.63, 3.8) is 0 Å². The van der Waals surface area contributed by atoms with Crippen LogP contribution in [0.5, 0.6) is 0 Å². The Bertz CT molecular complexity index is 524. The van der Waals surface area contributed by atoms with Crippen LogP contribution in [-0.2, 0) is 27.9 Å². The van der Waals surface area contributed by atoms with Crippen LogP contribution in [0, 0.1) is 0 Å². The summed E-state index contributed by atoms with van der Waals surface area (Å²) in [5.74, 6) is -0.804. The minimum absolute atomic E-state index is 0.0287. The van der Waals surface area contributed by atoms with E-state index in [1.807, 2.05) is 0 Å². The lowest BCUT2D eigenvalue weighted by Gasteiger charge is -2.53. The summed E-state index contributed by atoms with van der Waals surface area (Å²) < 4.78 is 24.0. The van der Waals surface area contributed by atoms with E-state index in [2.05, 4.69) is 41.5 Å². The van der Waals surface area contributed by atoms with Gasteiger partial charge >= 0.3 is 20.5 Å². The summed E-state index contributed by atoms with van der Waals surface area (Å²) >= 11 is 1.45. The molecule has 2 rings (SSSR count). The molecule has 25 heavy (non-hydrogen) atoms. The summed E-state index contributed by atoms with van der Waals surface area (Å²) in [4.78, 5) is 23.1. The van der Waals surface area contributed by atoms with Gasteiger partial charge in [-0.2, -0.15) is 0 Å². The number of ether oxygens (including phenoxy) is 2. The van der Waals surface area contributed by atoms with Gasteiger partial charge in [-0.1, -0.05) is 41.5 Å². The molecule has 0 radical (unpaired) electrons. The number of esters is 2. The van der Waals surface area contributed by atoms with Gasteiger partial charge in [0, 0.05) is 23.9 Å². The number of hydrogen-bond acceptors (Lipinski definition) is 7. The molecule has 1 unspecified atom stereocenters. The van der Waals surface area contributed by atoms with Crippen LogP contribution >= 0.6 is 11.8 Å². The smallest absolute Gasteiger partial charge is 0.349 e. The average Bonchev–Trinajstić information content (AvgIpc) is 2.72. The third kappa shape index (κ3) is 3.91. The van der Waals surface area contributed by atoms with Crippen LogP contribution in [0.2, 0.25) is 10.1 Å². The number of fused-ring (bicyclic) bond motifs is 1. The van der Waals surface area contributed by atoms with E-state index in [1.165, 1.54) is 25.6 Å². The zero-order chi connectivity index (χ0) is 19.2. The minimum atomic E-state index is -2.68. The van der Waals surface area contributed by atoms with Gasteiger partial charge in [-0.15, -0.1) is 11.8 Å². The predicted molar refractivity (Wildman–Crippen MR) is 98.5 cm³/mol. The van der Waals surface area contributed by atoms with E-state index >= 15 is 0 Å². The Labute approximate surface area is 155 Å². The van der Waals surface area contributed by atoms with E-state index < -0.39 is 32.0 Å². The molecule has 0 aliphatic carbocycles. The molecule has 8 heteroatoms. The van der Waals surface area contributed by atoms with Gasteiger partial charge in [-0.25, -0.2) is 0 Å². The second kappa shape index (κ2) is 6.87. The van der Waals surface area contributed by atoms with Crippen LogP contribution < -0.4 is 0 Å². The Kier molecular flexibility index (Phi) is 5.69. The highest BCUT2D eigenvalue weighted by molar-refractivity contribution is 8.00. The summed E-state index contributed by atoms with van der Waals surface area (Å²) in [6.07, 6.45) is -0.950. The van der Waals surface area contributed by atoms with Gasteiger partial charge in [0.05, 0.1) is 11.9 Å². The molecule has 2 aliphatic heterocycles. The minimum Gasteiger partial charge on any atom is -0.455 e. The fraction of sp³-hybridized carbons (Fsp3) is 0.882. The largest absolute Gasteiger partial charge is 0.455 e. The second-order valence-electron chi connectivity index (χ2n) is 8.74. The molecular weight excluding hydrogens is 360 g/mol. The van der Waals surface area contributed by atoms with Crippen molar-refractivity contribution in [3.8, 4) is 0 Å². The molecule has 0 bridgehead atoms. The van der Waals surface area contributed by atoms with Crippen molar-refractivity contribution >= 4 is 32.3 Å². The van der Waals surface area contributed by atoms with Crippen LogP contribution in [0.1, 0.15) is 55.4 Å². The highest BCUT2D eigenvalue weighted by Crippen LogP contribution is 2.57. The molecule has 2 fully saturated rings. The van der Waals surface area contributed by atoms with Gasteiger partial charge in [-0.3, -0.25) is 9.59 Å². The fourth-order valence-corrected chi connectivity index (χ4v) is 10.5. The number of thioether (sulfide) groups is 1. The van der Waals surface area contributed by atoms with Gasteiger partial charge in [0.25, 0.3) is 0 Å². The molecule has 2 aliphatic rings. The fourth-order valence-electron chi connectivity index (χ4n) is 3.88.